The zero-order valence-corrected chi connectivity index (χ0v) is 22.3. The molecule has 3 rings (SSSR count). The summed E-state index contributed by atoms with van der Waals surface area (Å²) in [5, 5.41) is 10.9. The van der Waals surface area contributed by atoms with E-state index in [2.05, 4.69) is 31.8 Å². The number of aromatic amines is 1. The number of halogens is 2. The van der Waals surface area contributed by atoms with Gasteiger partial charge in [0.1, 0.15) is 11.6 Å². The molecular weight excluding hydrogens is 512 g/mol. The molecule has 0 unspecified atom stereocenters. The van der Waals surface area contributed by atoms with Gasteiger partial charge in [0.25, 0.3) is 0 Å². The maximum absolute atomic E-state index is 15.4. The third-order valence-electron chi connectivity index (χ3n) is 5.49. The highest BCUT2D eigenvalue weighted by molar-refractivity contribution is 7.92. The molecule has 0 aliphatic rings. The molecule has 0 aliphatic carbocycles. The minimum absolute atomic E-state index is 0.0698. The first kappa shape index (κ1) is 28.5. The molecule has 3 N–H and O–H groups in total. The lowest BCUT2D eigenvalue weighted by Crippen LogP contribution is -2.19. The summed E-state index contributed by atoms with van der Waals surface area (Å²) in [5.41, 5.74) is 0.539. The largest absolute Gasteiger partial charge is 0.340 e. The van der Waals surface area contributed by atoms with E-state index in [0.29, 0.717) is 17.7 Å². The first-order chi connectivity index (χ1) is 18.0. The highest BCUT2D eigenvalue weighted by atomic mass is 32.2. The molecule has 3 aromatic rings. The molecule has 0 atom stereocenters. The quantitative estimate of drug-likeness (QED) is 0.117. The van der Waals surface area contributed by atoms with Crippen molar-refractivity contribution in [1.29, 1.82) is 0 Å². The molecule has 8 nitrogen and oxygen atoms in total. The van der Waals surface area contributed by atoms with Crippen LogP contribution in [0, 0.1) is 11.6 Å². The van der Waals surface area contributed by atoms with Gasteiger partial charge in [0, 0.05) is 28.4 Å². The number of ketones is 1. The highest BCUT2D eigenvalue weighted by Gasteiger charge is 2.28. The van der Waals surface area contributed by atoms with Gasteiger partial charge in [0.15, 0.2) is 11.6 Å². The van der Waals surface area contributed by atoms with Crippen LogP contribution in [-0.2, 0) is 10.0 Å². The van der Waals surface area contributed by atoms with Crippen molar-refractivity contribution in [3.8, 4) is 0 Å². The number of H-pyrrole nitrogens is 1. The summed E-state index contributed by atoms with van der Waals surface area (Å²) in [6, 6.07) is 7.22. The van der Waals surface area contributed by atoms with Crippen LogP contribution in [-0.4, -0.2) is 36.4 Å². The Hall–Kier alpha value is -4.12. The lowest BCUT2D eigenvalue weighted by molar-refractivity contribution is 0.102. The van der Waals surface area contributed by atoms with Gasteiger partial charge in [0.2, 0.25) is 10.0 Å². The number of carbonyl (C=O) groups excluding carboxylic acids is 1. The first-order valence-electron chi connectivity index (χ1n) is 11.8. The molecule has 2 aromatic carbocycles. The van der Waals surface area contributed by atoms with Crippen LogP contribution < -0.4 is 10.0 Å². The Labute approximate surface area is 220 Å². The second kappa shape index (κ2) is 12.0. The number of anilines is 2. The van der Waals surface area contributed by atoms with E-state index >= 15 is 4.39 Å². The maximum Gasteiger partial charge on any atom is 0.232 e. The molecule has 0 bridgehead atoms. The zero-order chi connectivity index (χ0) is 28.0. The minimum atomic E-state index is -3.88. The van der Waals surface area contributed by atoms with E-state index in [9.17, 15) is 17.6 Å². The van der Waals surface area contributed by atoms with Gasteiger partial charge in [-0.05, 0) is 63.1 Å². The van der Waals surface area contributed by atoms with Crippen molar-refractivity contribution < 1.29 is 22.0 Å². The lowest BCUT2D eigenvalue weighted by atomic mass is 9.91. The Bertz CT molecular complexity index is 1590. The smallest absolute Gasteiger partial charge is 0.232 e. The van der Waals surface area contributed by atoms with Gasteiger partial charge >= 0.3 is 0 Å². The van der Waals surface area contributed by atoms with Crippen molar-refractivity contribution in [3.63, 3.8) is 0 Å². The Morgan fingerprint density at radius 1 is 1.21 bits per heavy atom. The van der Waals surface area contributed by atoms with Crippen LogP contribution in [0.2, 0.25) is 0 Å². The second-order valence-electron chi connectivity index (χ2n) is 8.42. The van der Waals surface area contributed by atoms with Crippen molar-refractivity contribution in [2.75, 3.05) is 15.8 Å². The number of aliphatic imine (C=N–C) groups is 1. The van der Waals surface area contributed by atoms with E-state index in [0.717, 1.165) is 23.0 Å². The van der Waals surface area contributed by atoms with E-state index in [1.807, 2.05) is 6.07 Å². The summed E-state index contributed by atoms with van der Waals surface area (Å²) in [6.07, 6.45) is 4.88. The number of carbonyl (C=O) groups is 1. The van der Waals surface area contributed by atoms with Crippen molar-refractivity contribution in [1.82, 2.24) is 10.2 Å². The molecule has 0 saturated heterocycles. The minimum Gasteiger partial charge on any atom is -0.340 e. The number of benzene rings is 2. The van der Waals surface area contributed by atoms with Gasteiger partial charge in [-0.1, -0.05) is 19.6 Å². The van der Waals surface area contributed by atoms with E-state index < -0.39 is 38.7 Å². The number of nitrogens with one attached hydrogen (secondary N) is 3. The monoisotopic (exact) mass is 541 g/mol. The molecule has 1 heterocycles. The normalized spacial score (nSPS) is 13.1. The number of nitrogens with zero attached hydrogens (tertiary/aromatic N) is 2. The molecule has 0 spiro atoms. The average Bonchev–Trinajstić information content (AvgIpc) is 3.31. The van der Waals surface area contributed by atoms with Gasteiger partial charge < -0.3 is 5.32 Å². The molecule has 38 heavy (non-hydrogen) atoms. The number of Topliss-reactive ketones (excluding diaryl/α,β-unsaturated/α-hetero) is 1. The predicted molar refractivity (Wildman–Crippen MR) is 148 cm³/mol. The fourth-order valence-corrected chi connectivity index (χ4v) is 4.98. The lowest BCUT2D eigenvalue weighted by Gasteiger charge is -2.18. The molecule has 0 saturated carbocycles. The molecular formula is C27H29F2N5O3S. The third-order valence-corrected chi connectivity index (χ3v) is 6.96. The van der Waals surface area contributed by atoms with E-state index in [1.165, 1.54) is 12.3 Å². The fourth-order valence-electron chi connectivity index (χ4n) is 3.85. The Morgan fingerprint density at radius 3 is 2.58 bits per heavy atom. The van der Waals surface area contributed by atoms with Crippen molar-refractivity contribution in [3.05, 3.63) is 88.9 Å². The van der Waals surface area contributed by atoms with Crippen LogP contribution in [0.3, 0.4) is 0 Å². The number of sulfonamides is 1. The van der Waals surface area contributed by atoms with Crippen LogP contribution in [0.5, 0.6) is 0 Å². The number of hydrogen-bond acceptors (Lipinski definition) is 6. The standard InChI is InChI=1S/C27H29F2N5O3S/c1-6-13-38(36,37)34-21-12-11-20(28)24(25(21)29)26(35)19(7-2)23(16(4)5)27(30-8-3)32-18-10-9-17-15-31-33-22(17)14-18/h7-12,14-15,32,34H,4,6,13H2,1-3,5H3,(H,31,33)/b19-7+,27-23-,30-8-. The summed E-state index contributed by atoms with van der Waals surface area (Å²) in [5.74, 6) is -3.48. The molecule has 11 heteroatoms. The number of hydrogen-bond donors (Lipinski definition) is 3. The van der Waals surface area contributed by atoms with Gasteiger partial charge in [-0.3, -0.25) is 14.6 Å². The Balaban J connectivity index is 2.12. The summed E-state index contributed by atoms with van der Waals surface area (Å²) in [6.45, 7) is 10.5. The van der Waals surface area contributed by atoms with E-state index in [4.69, 9.17) is 0 Å². The zero-order valence-electron chi connectivity index (χ0n) is 21.5. The number of rotatable bonds is 11. The molecule has 0 aliphatic heterocycles. The molecule has 0 radical (unpaired) electrons. The Morgan fingerprint density at radius 2 is 1.95 bits per heavy atom. The van der Waals surface area contributed by atoms with Crippen molar-refractivity contribution in [2.24, 2.45) is 4.99 Å². The summed E-state index contributed by atoms with van der Waals surface area (Å²) < 4.78 is 56.8. The third kappa shape index (κ3) is 6.23. The topological polar surface area (TPSA) is 116 Å². The van der Waals surface area contributed by atoms with Crippen LogP contribution >= 0.6 is 0 Å². The number of aromatic nitrogens is 2. The van der Waals surface area contributed by atoms with E-state index in [1.54, 1.807) is 46.0 Å². The van der Waals surface area contributed by atoms with Gasteiger partial charge in [-0.25, -0.2) is 22.2 Å². The van der Waals surface area contributed by atoms with Crippen molar-refractivity contribution >= 4 is 44.3 Å². The van der Waals surface area contributed by atoms with Crippen LogP contribution in [0.4, 0.5) is 20.2 Å². The fraction of sp³-hybridized carbons (Fsp3) is 0.222. The number of fused-ring (bicyclic) bond motifs is 1. The van der Waals surface area contributed by atoms with Crippen LogP contribution in [0.25, 0.3) is 10.9 Å². The van der Waals surface area contributed by atoms with Crippen LogP contribution in [0.1, 0.15) is 44.5 Å². The van der Waals surface area contributed by atoms with E-state index in [-0.39, 0.29) is 22.7 Å². The maximum atomic E-state index is 15.4. The predicted octanol–water partition coefficient (Wildman–Crippen LogP) is 6.11. The second-order valence-corrected chi connectivity index (χ2v) is 10.3. The molecule has 0 amide bonds. The average molecular weight is 542 g/mol. The van der Waals surface area contributed by atoms with Crippen molar-refractivity contribution in [2.45, 2.75) is 34.1 Å². The summed E-state index contributed by atoms with van der Waals surface area (Å²) >= 11 is 0. The van der Waals surface area contributed by atoms with Gasteiger partial charge in [0.05, 0.1) is 28.7 Å². The highest BCUT2D eigenvalue weighted by Crippen LogP contribution is 2.31. The SMILES string of the molecule is C=C(C)C(/C(=C\C)C(=O)c1c(F)ccc(NS(=O)(=O)CCC)c1F)=C(\N=C/C)Nc1ccc2cn[nH]c2c1. The Kier molecular flexibility index (Phi) is 8.95. The van der Waals surface area contributed by atoms with Gasteiger partial charge in [-0.2, -0.15) is 5.10 Å². The number of allylic oxidation sites excluding steroid dienone is 4. The molecule has 0 fully saturated rings. The summed E-state index contributed by atoms with van der Waals surface area (Å²) in [4.78, 5) is 18.0. The molecule has 1 aromatic heterocycles. The first-order valence-corrected chi connectivity index (χ1v) is 13.5. The summed E-state index contributed by atoms with van der Waals surface area (Å²) in [7, 11) is -3.88. The van der Waals surface area contributed by atoms with Gasteiger partial charge in [-0.15, -0.1) is 0 Å². The molecule has 200 valence electrons. The van der Waals surface area contributed by atoms with Crippen LogP contribution in [0.15, 0.2) is 76.7 Å².